The molecule has 0 unspecified atom stereocenters. The lowest BCUT2D eigenvalue weighted by Crippen LogP contribution is -2.25. The number of rotatable bonds is 7. The number of carbonyl (C=O) groups excluding carboxylic acids is 1. The molecule has 3 rings (SSSR count). The van der Waals surface area contributed by atoms with E-state index >= 15 is 0 Å². The summed E-state index contributed by atoms with van der Waals surface area (Å²) in [6.07, 6.45) is 4.98. The number of aliphatic hydroxyl groups excluding tert-OH is 1. The van der Waals surface area contributed by atoms with Gasteiger partial charge in [0.25, 0.3) is 5.91 Å². The van der Waals surface area contributed by atoms with Gasteiger partial charge in [-0.1, -0.05) is 0 Å². The van der Waals surface area contributed by atoms with Gasteiger partial charge < -0.3 is 10.4 Å². The summed E-state index contributed by atoms with van der Waals surface area (Å²) in [7, 11) is 0. The Morgan fingerprint density at radius 2 is 2.23 bits per heavy atom. The second kappa shape index (κ2) is 8.17. The third kappa shape index (κ3) is 3.79. The zero-order valence-corrected chi connectivity index (χ0v) is 14.7. The first-order chi connectivity index (χ1) is 12.6. The molecule has 26 heavy (non-hydrogen) atoms. The topological polar surface area (TPSA) is 87.9 Å². The molecular weight excluding hydrogens is 359 g/mol. The van der Waals surface area contributed by atoms with Crippen molar-refractivity contribution in [1.29, 1.82) is 0 Å². The molecule has 136 valence electrons. The third-order valence-electron chi connectivity index (χ3n) is 3.61. The molecule has 3 aromatic rings. The molecule has 0 fully saturated rings. The minimum Gasteiger partial charge on any atom is -0.394 e. The first-order valence-corrected chi connectivity index (χ1v) is 8.95. The van der Waals surface area contributed by atoms with Crippen LogP contribution < -0.4 is 10.8 Å². The molecule has 0 aliphatic rings. The SMILES string of the molecule is CSc1ccc(Nc2c(C(=O)NOCCO)cc3ccncn23)c(F)c1. The van der Waals surface area contributed by atoms with Gasteiger partial charge in [-0.15, -0.1) is 11.8 Å². The van der Waals surface area contributed by atoms with E-state index in [0.29, 0.717) is 11.3 Å². The quantitative estimate of drug-likeness (QED) is 0.334. The van der Waals surface area contributed by atoms with E-state index < -0.39 is 11.7 Å². The summed E-state index contributed by atoms with van der Waals surface area (Å²) in [5.74, 6) is -0.599. The van der Waals surface area contributed by atoms with Crippen LogP contribution in [0.1, 0.15) is 10.4 Å². The molecule has 3 N–H and O–H groups in total. The van der Waals surface area contributed by atoms with Crippen molar-refractivity contribution in [2.45, 2.75) is 4.90 Å². The average Bonchev–Trinajstić information content (AvgIpc) is 3.02. The van der Waals surface area contributed by atoms with Crippen LogP contribution in [0, 0.1) is 5.82 Å². The molecule has 1 aromatic carbocycles. The molecule has 7 nitrogen and oxygen atoms in total. The zero-order valence-electron chi connectivity index (χ0n) is 13.9. The number of aliphatic hydroxyl groups is 1. The summed E-state index contributed by atoms with van der Waals surface area (Å²) < 4.78 is 16.0. The van der Waals surface area contributed by atoms with Gasteiger partial charge in [-0.2, -0.15) is 0 Å². The predicted molar refractivity (Wildman–Crippen MR) is 97.2 cm³/mol. The fourth-order valence-electron chi connectivity index (χ4n) is 2.39. The number of nitrogens with zero attached hydrogens (tertiary/aromatic N) is 2. The lowest BCUT2D eigenvalue weighted by atomic mass is 10.2. The Morgan fingerprint density at radius 1 is 1.38 bits per heavy atom. The molecular formula is C17H17FN4O3S. The maximum atomic E-state index is 14.4. The van der Waals surface area contributed by atoms with Crippen LogP contribution >= 0.6 is 11.8 Å². The highest BCUT2D eigenvalue weighted by atomic mass is 32.2. The Labute approximate surface area is 153 Å². The highest BCUT2D eigenvalue weighted by Gasteiger charge is 2.18. The van der Waals surface area contributed by atoms with Crippen LogP contribution in [-0.4, -0.2) is 39.9 Å². The van der Waals surface area contributed by atoms with Crippen LogP contribution in [0.3, 0.4) is 0 Å². The number of thioether (sulfide) groups is 1. The number of benzene rings is 1. The first kappa shape index (κ1) is 18.2. The number of hydrogen-bond donors (Lipinski definition) is 3. The fourth-order valence-corrected chi connectivity index (χ4v) is 2.82. The van der Waals surface area contributed by atoms with Gasteiger partial charge >= 0.3 is 0 Å². The number of amides is 1. The summed E-state index contributed by atoms with van der Waals surface area (Å²) in [5.41, 5.74) is 3.44. The van der Waals surface area contributed by atoms with Gasteiger partial charge in [-0.25, -0.2) is 14.9 Å². The number of anilines is 2. The second-order valence-corrected chi connectivity index (χ2v) is 6.14. The summed E-state index contributed by atoms with van der Waals surface area (Å²) in [5, 5.41) is 11.7. The number of aromatic nitrogens is 2. The molecule has 1 amide bonds. The van der Waals surface area contributed by atoms with E-state index in [4.69, 9.17) is 9.94 Å². The Kier molecular flexibility index (Phi) is 5.71. The van der Waals surface area contributed by atoms with Crippen LogP contribution in [0.25, 0.3) is 5.52 Å². The molecule has 2 aromatic heterocycles. The molecule has 0 radical (unpaired) electrons. The highest BCUT2D eigenvalue weighted by Crippen LogP contribution is 2.28. The van der Waals surface area contributed by atoms with Gasteiger partial charge in [0.05, 0.1) is 30.0 Å². The Bertz CT molecular complexity index is 932. The third-order valence-corrected chi connectivity index (χ3v) is 4.34. The lowest BCUT2D eigenvalue weighted by Gasteiger charge is -2.11. The number of halogens is 1. The van der Waals surface area contributed by atoms with Crippen molar-refractivity contribution in [1.82, 2.24) is 14.9 Å². The summed E-state index contributed by atoms with van der Waals surface area (Å²) >= 11 is 1.44. The van der Waals surface area contributed by atoms with Crippen molar-refractivity contribution < 1.29 is 19.1 Å². The van der Waals surface area contributed by atoms with Crippen LogP contribution in [-0.2, 0) is 4.84 Å². The standard InChI is InChI=1S/C17H17FN4O3S/c1-26-12-2-3-15(14(18)9-12)20-16-13(17(24)21-25-7-6-23)8-11-4-5-19-10-22(11)16/h2-5,8-10,20,23H,6-7H2,1H3,(H,21,24). The van der Waals surface area contributed by atoms with Gasteiger partial charge in [-0.05, 0) is 36.6 Å². The van der Waals surface area contributed by atoms with E-state index in [1.807, 2.05) is 6.26 Å². The molecule has 2 heterocycles. The number of fused-ring (bicyclic) bond motifs is 1. The van der Waals surface area contributed by atoms with Crippen molar-refractivity contribution in [3.8, 4) is 0 Å². The van der Waals surface area contributed by atoms with Crippen molar-refractivity contribution in [2.24, 2.45) is 0 Å². The van der Waals surface area contributed by atoms with Crippen LogP contribution in [0.15, 0.2) is 47.8 Å². The fraction of sp³-hybridized carbons (Fsp3) is 0.176. The van der Waals surface area contributed by atoms with Gasteiger partial charge in [0.15, 0.2) is 0 Å². The van der Waals surface area contributed by atoms with E-state index in [1.54, 1.807) is 34.9 Å². The van der Waals surface area contributed by atoms with Gasteiger partial charge in [0.2, 0.25) is 0 Å². The molecule has 0 saturated carbocycles. The zero-order chi connectivity index (χ0) is 18.5. The molecule has 0 atom stereocenters. The van der Waals surface area contributed by atoms with Crippen LogP contribution in [0.2, 0.25) is 0 Å². The minimum absolute atomic E-state index is 0.0335. The molecule has 0 aliphatic carbocycles. The molecule has 0 saturated heterocycles. The van der Waals surface area contributed by atoms with Crippen LogP contribution in [0.4, 0.5) is 15.9 Å². The van der Waals surface area contributed by atoms with Gasteiger partial charge in [-0.3, -0.25) is 14.0 Å². The number of hydroxylamine groups is 1. The predicted octanol–water partition coefficient (Wildman–Crippen LogP) is 2.59. The minimum atomic E-state index is -0.522. The average molecular weight is 376 g/mol. The van der Waals surface area contributed by atoms with Crippen molar-refractivity contribution in [3.05, 3.63) is 54.2 Å². The number of nitrogens with one attached hydrogen (secondary N) is 2. The van der Waals surface area contributed by atoms with E-state index in [1.165, 1.54) is 24.2 Å². The van der Waals surface area contributed by atoms with Gasteiger partial charge in [0, 0.05) is 11.1 Å². The van der Waals surface area contributed by atoms with Crippen molar-refractivity contribution in [2.75, 3.05) is 24.8 Å². The van der Waals surface area contributed by atoms with E-state index in [-0.39, 0.29) is 24.5 Å². The monoisotopic (exact) mass is 376 g/mol. The normalized spacial score (nSPS) is 10.9. The highest BCUT2D eigenvalue weighted by molar-refractivity contribution is 7.98. The Hall–Kier alpha value is -2.62. The Balaban J connectivity index is 1.98. The largest absolute Gasteiger partial charge is 0.394 e. The van der Waals surface area contributed by atoms with E-state index in [2.05, 4.69) is 15.8 Å². The lowest BCUT2D eigenvalue weighted by molar-refractivity contribution is 0.0169. The summed E-state index contributed by atoms with van der Waals surface area (Å²) in [6, 6.07) is 8.18. The van der Waals surface area contributed by atoms with Gasteiger partial charge in [0.1, 0.15) is 18.0 Å². The molecule has 0 bridgehead atoms. The van der Waals surface area contributed by atoms with Crippen molar-refractivity contribution in [3.63, 3.8) is 0 Å². The smallest absolute Gasteiger partial charge is 0.278 e. The molecule has 0 aliphatic heterocycles. The maximum absolute atomic E-state index is 14.4. The first-order valence-electron chi connectivity index (χ1n) is 7.72. The molecule has 9 heteroatoms. The summed E-state index contributed by atoms with van der Waals surface area (Å²) in [4.78, 5) is 22.1. The maximum Gasteiger partial charge on any atom is 0.278 e. The second-order valence-electron chi connectivity index (χ2n) is 5.26. The molecule has 0 spiro atoms. The number of carbonyl (C=O) groups is 1. The number of hydrogen-bond acceptors (Lipinski definition) is 6. The van der Waals surface area contributed by atoms with Crippen LogP contribution in [0.5, 0.6) is 0 Å². The van der Waals surface area contributed by atoms with E-state index in [0.717, 1.165) is 4.90 Å². The Morgan fingerprint density at radius 3 is 2.96 bits per heavy atom. The van der Waals surface area contributed by atoms with E-state index in [9.17, 15) is 9.18 Å². The summed E-state index contributed by atoms with van der Waals surface area (Å²) in [6.45, 7) is -0.256. The van der Waals surface area contributed by atoms with Crippen molar-refractivity contribution >= 4 is 34.7 Å².